The van der Waals surface area contributed by atoms with Crippen molar-refractivity contribution in [2.24, 2.45) is 0 Å². The summed E-state index contributed by atoms with van der Waals surface area (Å²) in [5.41, 5.74) is 2.34. The fraction of sp³-hybridized carbons (Fsp3) is 0.500. The van der Waals surface area contributed by atoms with Gasteiger partial charge in [-0.15, -0.1) is 0 Å². The van der Waals surface area contributed by atoms with Gasteiger partial charge < -0.3 is 14.8 Å². The Morgan fingerprint density at radius 2 is 2.31 bits per heavy atom. The van der Waals surface area contributed by atoms with Gasteiger partial charge in [0.05, 0.1) is 5.02 Å². The van der Waals surface area contributed by atoms with E-state index in [0.29, 0.717) is 16.8 Å². The predicted octanol–water partition coefficient (Wildman–Crippen LogP) is 2.80. The maximum atomic E-state index is 6.39. The van der Waals surface area contributed by atoms with Gasteiger partial charge in [-0.25, -0.2) is 0 Å². The summed E-state index contributed by atoms with van der Waals surface area (Å²) in [7, 11) is 0. The van der Waals surface area contributed by atoms with E-state index in [9.17, 15) is 0 Å². The van der Waals surface area contributed by atoms with Crippen molar-refractivity contribution in [3.63, 3.8) is 0 Å². The van der Waals surface area contributed by atoms with Gasteiger partial charge in [0.2, 0.25) is 6.79 Å². The number of fused-ring (bicyclic) bond motifs is 1. The number of rotatable bonds is 1. The van der Waals surface area contributed by atoms with E-state index in [0.717, 1.165) is 18.7 Å². The quantitative estimate of drug-likeness (QED) is 0.818. The lowest BCUT2D eigenvalue weighted by Gasteiger charge is -2.17. The molecule has 3 rings (SSSR count). The van der Waals surface area contributed by atoms with Crippen LogP contribution in [-0.4, -0.2) is 13.3 Å². The van der Waals surface area contributed by atoms with Gasteiger partial charge >= 0.3 is 0 Å². The summed E-state index contributed by atoms with van der Waals surface area (Å²) in [6.45, 7) is 3.41. The molecule has 16 heavy (non-hydrogen) atoms. The lowest BCUT2D eigenvalue weighted by atomic mass is 9.99. The maximum Gasteiger partial charge on any atom is 0.231 e. The van der Waals surface area contributed by atoms with Gasteiger partial charge in [-0.3, -0.25) is 0 Å². The van der Waals surface area contributed by atoms with Gasteiger partial charge in [0, 0.05) is 6.04 Å². The van der Waals surface area contributed by atoms with Crippen LogP contribution in [0.5, 0.6) is 11.5 Å². The summed E-state index contributed by atoms with van der Waals surface area (Å²) < 4.78 is 10.8. The van der Waals surface area contributed by atoms with Crippen molar-refractivity contribution in [1.82, 2.24) is 5.32 Å². The van der Waals surface area contributed by atoms with Crippen LogP contribution >= 0.6 is 11.6 Å². The summed E-state index contributed by atoms with van der Waals surface area (Å²) in [6.07, 6.45) is 2.34. The van der Waals surface area contributed by atoms with E-state index < -0.39 is 0 Å². The second-order valence-electron chi connectivity index (χ2n) is 4.30. The number of hydrogen-bond acceptors (Lipinski definition) is 3. The van der Waals surface area contributed by atoms with E-state index in [2.05, 4.69) is 12.2 Å². The third-order valence-electron chi connectivity index (χ3n) is 3.26. The van der Waals surface area contributed by atoms with Crippen molar-refractivity contribution in [3.8, 4) is 11.5 Å². The highest BCUT2D eigenvalue weighted by Gasteiger charge is 2.27. The molecule has 1 atom stereocenters. The minimum absolute atomic E-state index is 0.274. The minimum Gasteiger partial charge on any atom is -0.454 e. The first-order chi connectivity index (χ1) is 7.77. The molecule has 0 amide bonds. The monoisotopic (exact) mass is 239 g/mol. The molecule has 4 heteroatoms. The van der Waals surface area contributed by atoms with Crippen molar-refractivity contribution >= 4 is 11.6 Å². The summed E-state index contributed by atoms with van der Waals surface area (Å²) >= 11 is 6.39. The van der Waals surface area contributed by atoms with Gasteiger partial charge in [0.25, 0.3) is 0 Å². The smallest absolute Gasteiger partial charge is 0.231 e. The molecule has 0 spiro atoms. The van der Waals surface area contributed by atoms with Crippen LogP contribution in [0, 0.1) is 6.92 Å². The molecule has 2 aliphatic rings. The molecule has 0 aliphatic carbocycles. The highest BCUT2D eigenvalue weighted by atomic mass is 35.5. The van der Waals surface area contributed by atoms with Crippen molar-refractivity contribution in [2.45, 2.75) is 25.8 Å². The second-order valence-corrected chi connectivity index (χ2v) is 4.68. The summed E-state index contributed by atoms with van der Waals surface area (Å²) in [6, 6.07) is 2.38. The average Bonchev–Trinajstić information content (AvgIpc) is 2.87. The molecular weight excluding hydrogens is 226 g/mol. The molecule has 2 heterocycles. The van der Waals surface area contributed by atoms with E-state index in [1.54, 1.807) is 0 Å². The van der Waals surface area contributed by atoms with Crippen LogP contribution in [0.3, 0.4) is 0 Å². The number of nitrogens with one attached hydrogen (secondary N) is 1. The van der Waals surface area contributed by atoms with E-state index in [4.69, 9.17) is 21.1 Å². The first-order valence-electron chi connectivity index (χ1n) is 5.59. The Hall–Kier alpha value is -0.930. The van der Waals surface area contributed by atoms with Crippen LogP contribution in [-0.2, 0) is 0 Å². The summed E-state index contributed by atoms with van der Waals surface area (Å²) in [4.78, 5) is 0. The Bertz CT molecular complexity index is 428. The Kier molecular flexibility index (Phi) is 2.45. The van der Waals surface area contributed by atoms with Crippen LogP contribution in [0.4, 0.5) is 0 Å². The summed E-state index contributed by atoms with van der Waals surface area (Å²) in [5, 5.41) is 4.18. The van der Waals surface area contributed by atoms with Crippen LogP contribution < -0.4 is 14.8 Å². The molecule has 1 fully saturated rings. The lowest BCUT2D eigenvalue weighted by molar-refractivity contribution is 0.174. The standard InChI is InChI=1S/C12H14ClNO2/c1-7-5-9-12(16-6-15-9)11(13)10(7)8-3-2-4-14-8/h5,8,14H,2-4,6H2,1H3. The highest BCUT2D eigenvalue weighted by Crippen LogP contribution is 2.45. The van der Waals surface area contributed by atoms with Gasteiger partial charge in [-0.05, 0) is 43.5 Å². The van der Waals surface area contributed by atoms with Crippen LogP contribution in [0.2, 0.25) is 5.02 Å². The van der Waals surface area contributed by atoms with Crippen molar-refractivity contribution in [2.75, 3.05) is 13.3 Å². The number of ether oxygens (including phenoxy) is 2. The topological polar surface area (TPSA) is 30.5 Å². The Morgan fingerprint density at radius 3 is 3.06 bits per heavy atom. The normalized spacial score (nSPS) is 22.8. The second kappa shape index (κ2) is 3.82. The predicted molar refractivity (Wildman–Crippen MR) is 62.3 cm³/mol. The average molecular weight is 240 g/mol. The molecular formula is C12H14ClNO2. The zero-order chi connectivity index (χ0) is 11.1. The lowest BCUT2D eigenvalue weighted by Crippen LogP contribution is -2.14. The molecule has 2 aliphatic heterocycles. The minimum atomic E-state index is 0.274. The van der Waals surface area contributed by atoms with E-state index in [1.807, 2.05) is 6.07 Å². The SMILES string of the molecule is Cc1cc2c(c(Cl)c1C1CCCN1)OCO2. The van der Waals surface area contributed by atoms with Gasteiger partial charge in [-0.1, -0.05) is 11.6 Å². The molecule has 1 N–H and O–H groups in total. The molecule has 1 aromatic rings. The van der Waals surface area contributed by atoms with Crippen LogP contribution in [0.25, 0.3) is 0 Å². The van der Waals surface area contributed by atoms with Crippen LogP contribution in [0.15, 0.2) is 6.07 Å². The fourth-order valence-electron chi connectivity index (χ4n) is 2.50. The molecule has 1 unspecified atom stereocenters. The van der Waals surface area contributed by atoms with Crippen molar-refractivity contribution in [1.29, 1.82) is 0 Å². The van der Waals surface area contributed by atoms with Crippen molar-refractivity contribution in [3.05, 3.63) is 22.2 Å². The molecule has 1 saturated heterocycles. The Balaban J connectivity index is 2.10. The number of halogens is 1. The first-order valence-corrected chi connectivity index (χ1v) is 5.97. The number of aryl methyl sites for hydroxylation is 1. The maximum absolute atomic E-state index is 6.39. The van der Waals surface area contributed by atoms with E-state index in [-0.39, 0.29) is 6.79 Å². The zero-order valence-corrected chi connectivity index (χ0v) is 9.93. The molecule has 86 valence electrons. The van der Waals surface area contributed by atoms with Gasteiger partial charge in [0.15, 0.2) is 11.5 Å². The Labute approximate surface area is 99.7 Å². The third kappa shape index (κ3) is 1.46. The molecule has 0 aromatic heterocycles. The first kappa shape index (κ1) is 10.2. The zero-order valence-electron chi connectivity index (χ0n) is 9.18. The molecule has 3 nitrogen and oxygen atoms in total. The molecule has 0 saturated carbocycles. The largest absolute Gasteiger partial charge is 0.454 e. The molecule has 0 bridgehead atoms. The third-order valence-corrected chi connectivity index (χ3v) is 3.63. The number of hydrogen-bond donors (Lipinski definition) is 1. The van der Waals surface area contributed by atoms with Crippen molar-refractivity contribution < 1.29 is 9.47 Å². The van der Waals surface area contributed by atoms with Gasteiger partial charge in [-0.2, -0.15) is 0 Å². The van der Waals surface area contributed by atoms with Gasteiger partial charge in [0.1, 0.15) is 0 Å². The fourth-order valence-corrected chi connectivity index (χ4v) is 2.92. The Morgan fingerprint density at radius 1 is 1.44 bits per heavy atom. The summed E-state index contributed by atoms with van der Waals surface area (Å²) in [5.74, 6) is 1.47. The highest BCUT2D eigenvalue weighted by molar-refractivity contribution is 6.33. The van der Waals surface area contributed by atoms with E-state index >= 15 is 0 Å². The van der Waals surface area contributed by atoms with Crippen LogP contribution in [0.1, 0.15) is 30.0 Å². The number of benzene rings is 1. The van der Waals surface area contributed by atoms with E-state index in [1.165, 1.54) is 17.5 Å². The molecule has 1 aromatic carbocycles. The molecule has 0 radical (unpaired) electrons.